The molecule has 2 saturated carbocycles. The van der Waals surface area contributed by atoms with Gasteiger partial charge in [0.1, 0.15) is 0 Å². The molecule has 0 heterocycles. The van der Waals surface area contributed by atoms with Crippen LogP contribution in [0.1, 0.15) is 37.2 Å². The maximum atomic E-state index is 11.4. The molecule has 2 aliphatic carbocycles. The summed E-state index contributed by atoms with van der Waals surface area (Å²) in [7, 11) is 0. The summed E-state index contributed by atoms with van der Waals surface area (Å²) in [5, 5.41) is 13.0. The fourth-order valence-electron chi connectivity index (χ4n) is 2.92. The largest absolute Gasteiger partial charge is 0.481 e. The Morgan fingerprint density at radius 3 is 2.21 bits per heavy atom. The molecule has 0 radical (unpaired) electrons. The van der Waals surface area contributed by atoms with Crippen LogP contribution in [0, 0.1) is 11.8 Å². The summed E-state index contributed by atoms with van der Waals surface area (Å²) in [6.45, 7) is 0.553. The Labute approximate surface area is 114 Å². The molecule has 0 aromatic heterocycles. The first-order valence-corrected chi connectivity index (χ1v) is 7.27. The molecule has 3 nitrogen and oxygen atoms in total. The molecule has 3 heteroatoms. The molecule has 102 valence electrons. The molecule has 0 amide bonds. The van der Waals surface area contributed by atoms with Crippen molar-refractivity contribution in [1.29, 1.82) is 0 Å². The third-order valence-electron chi connectivity index (χ3n) is 4.32. The highest BCUT2D eigenvalue weighted by molar-refractivity contribution is 5.76. The van der Waals surface area contributed by atoms with Crippen molar-refractivity contribution in [1.82, 2.24) is 5.32 Å². The minimum atomic E-state index is -0.732. The molecule has 0 spiro atoms. The smallest absolute Gasteiger partial charge is 0.312 e. The summed E-state index contributed by atoms with van der Waals surface area (Å²) in [4.78, 5) is 11.4. The van der Waals surface area contributed by atoms with Gasteiger partial charge < -0.3 is 10.4 Å². The highest BCUT2D eigenvalue weighted by Gasteiger charge is 2.41. The zero-order valence-electron chi connectivity index (χ0n) is 11.1. The fourth-order valence-corrected chi connectivity index (χ4v) is 2.92. The lowest BCUT2D eigenvalue weighted by atomic mass is 9.98. The number of aliphatic carboxylic acids is 1. The lowest BCUT2D eigenvalue weighted by molar-refractivity contribution is -0.138. The highest BCUT2D eigenvalue weighted by Crippen LogP contribution is 2.44. The summed E-state index contributed by atoms with van der Waals surface area (Å²) in [6, 6.07) is 10.1. The SMILES string of the molecule is O=C(O)C(CNC(C1CC1)C1CC1)c1ccccc1. The van der Waals surface area contributed by atoms with Crippen molar-refractivity contribution in [3.63, 3.8) is 0 Å². The Morgan fingerprint density at radius 2 is 1.74 bits per heavy atom. The van der Waals surface area contributed by atoms with E-state index in [1.165, 1.54) is 25.7 Å². The van der Waals surface area contributed by atoms with E-state index in [0.717, 1.165) is 17.4 Å². The minimum Gasteiger partial charge on any atom is -0.481 e. The van der Waals surface area contributed by atoms with Crippen LogP contribution in [0.5, 0.6) is 0 Å². The van der Waals surface area contributed by atoms with Gasteiger partial charge in [-0.25, -0.2) is 0 Å². The van der Waals surface area contributed by atoms with Crippen molar-refractivity contribution in [2.24, 2.45) is 11.8 Å². The number of carboxylic acid groups (broad SMARTS) is 1. The molecule has 0 bridgehead atoms. The third kappa shape index (κ3) is 3.16. The van der Waals surface area contributed by atoms with Crippen LogP contribution in [0.3, 0.4) is 0 Å². The molecule has 1 aromatic carbocycles. The molecule has 2 fully saturated rings. The molecule has 1 aromatic rings. The van der Waals surface area contributed by atoms with Crippen molar-refractivity contribution in [2.45, 2.75) is 37.6 Å². The van der Waals surface area contributed by atoms with Gasteiger partial charge in [-0.2, -0.15) is 0 Å². The van der Waals surface area contributed by atoms with Gasteiger partial charge in [0.25, 0.3) is 0 Å². The van der Waals surface area contributed by atoms with Gasteiger partial charge in [0, 0.05) is 12.6 Å². The normalized spacial score (nSPS) is 20.5. The van der Waals surface area contributed by atoms with Crippen LogP contribution in [0.25, 0.3) is 0 Å². The average molecular weight is 259 g/mol. The van der Waals surface area contributed by atoms with Crippen LogP contribution in [0.2, 0.25) is 0 Å². The molecule has 2 aliphatic rings. The molecule has 1 atom stereocenters. The number of hydrogen-bond acceptors (Lipinski definition) is 2. The first-order valence-electron chi connectivity index (χ1n) is 7.27. The average Bonchev–Trinajstić information content (AvgIpc) is 3.28. The minimum absolute atomic E-state index is 0.429. The highest BCUT2D eigenvalue weighted by atomic mass is 16.4. The van der Waals surface area contributed by atoms with E-state index in [0.29, 0.717) is 12.6 Å². The van der Waals surface area contributed by atoms with Gasteiger partial charge in [0.15, 0.2) is 0 Å². The zero-order valence-corrected chi connectivity index (χ0v) is 11.1. The number of benzene rings is 1. The van der Waals surface area contributed by atoms with E-state index in [4.69, 9.17) is 0 Å². The van der Waals surface area contributed by atoms with Crippen molar-refractivity contribution in [2.75, 3.05) is 6.54 Å². The van der Waals surface area contributed by atoms with E-state index in [1.807, 2.05) is 30.3 Å². The molecule has 2 N–H and O–H groups in total. The Kier molecular flexibility index (Phi) is 3.56. The van der Waals surface area contributed by atoms with E-state index in [2.05, 4.69) is 5.32 Å². The van der Waals surface area contributed by atoms with Crippen LogP contribution >= 0.6 is 0 Å². The number of rotatable bonds is 7. The van der Waals surface area contributed by atoms with Crippen molar-refractivity contribution >= 4 is 5.97 Å². The van der Waals surface area contributed by atoms with E-state index in [9.17, 15) is 9.90 Å². The maximum absolute atomic E-state index is 11.4. The monoisotopic (exact) mass is 259 g/mol. The summed E-state index contributed by atoms with van der Waals surface area (Å²) in [5.41, 5.74) is 0.896. The van der Waals surface area contributed by atoms with Gasteiger partial charge in [0.05, 0.1) is 5.92 Å². The maximum Gasteiger partial charge on any atom is 0.312 e. The van der Waals surface area contributed by atoms with Crippen molar-refractivity contribution in [3.8, 4) is 0 Å². The van der Waals surface area contributed by atoms with E-state index >= 15 is 0 Å². The summed E-state index contributed by atoms with van der Waals surface area (Å²) >= 11 is 0. The van der Waals surface area contributed by atoms with Gasteiger partial charge in [-0.15, -0.1) is 0 Å². The summed E-state index contributed by atoms with van der Waals surface area (Å²) < 4.78 is 0. The van der Waals surface area contributed by atoms with Crippen molar-refractivity contribution in [3.05, 3.63) is 35.9 Å². The number of nitrogens with one attached hydrogen (secondary N) is 1. The Hall–Kier alpha value is -1.35. The van der Waals surface area contributed by atoms with E-state index in [-0.39, 0.29) is 0 Å². The molecule has 0 saturated heterocycles. The van der Waals surface area contributed by atoms with Gasteiger partial charge in [-0.05, 0) is 43.1 Å². The van der Waals surface area contributed by atoms with Crippen molar-refractivity contribution < 1.29 is 9.90 Å². The fraction of sp³-hybridized carbons (Fsp3) is 0.562. The lowest BCUT2D eigenvalue weighted by Crippen LogP contribution is -2.37. The molecular weight excluding hydrogens is 238 g/mol. The zero-order chi connectivity index (χ0) is 13.2. The Morgan fingerprint density at radius 1 is 1.16 bits per heavy atom. The molecule has 1 unspecified atom stereocenters. The summed E-state index contributed by atoms with van der Waals surface area (Å²) in [6.07, 6.45) is 5.27. The van der Waals surface area contributed by atoms with Crippen LogP contribution in [-0.4, -0.2) is 23.7 Å². The second kappa shape index (κ2) is 5.33. The van der Waals surface area contributed by atoms with Crippen LogP contribution in [0.4, 0.5) is 0 Å². The lowest BCUT2D eigenvalue weighted by Gasteiger charge is -2.21. The van der Waals surface area contributed by atoms with Crippen LogP contribution in [0.15, 0.2) is 30.3 Å². The number of hydrogen-bond donors (Lipinski definition) is 2. The van der Waals surface area contributed by atoms with Crippen LogP contribution in [-0.2, 0) is 4.79 Å². The molecular formula is C16H21NO2. The molecule has 0 aliphatic heterocycles. The quantitative estimate of drug-likeness (QED) is 0.791. The number of carboxylic acids is 1. The molecule has 19 heavy (non-hydrogen) atoms. The van der Waals surface area contributed by atoms with Gasteiger partial charge in [-0.3, -0.25) is 4.79 Å². The Balaban J connectivity index is 1.63. The second-order valence-corrected chi connectivity index (χ2v) is 5.91. The van der Waals surface area contributed by atoms with E-state index < -0.39 is 11.9 Å². The summed E-state index contributed by atoms with van der Waals surface area (Å²) in [5.74, 6) is 0.445. The molecule has 3 rings (SSSR count). The first-order chi connectivity index (χ1) is 9.25. The Bertz CT molecular complexity index is 425. The van der Waals surface area contributed by atoms with E-state index in [1.54, 1.807) is 0 Å². The standard InChI is InChI=1S/C16H21NO2/c18-16(19)14(11-4-2-1-3-5-11)10-17-15(12-6-7-12)13-8-9-13/h1-5,12-15,17H,6-10H2,(H,18,19). The predicted octanol–water partition coefficient (Wildman–Crippen LogP) is 2.63. The second-order valence-electron chi connectivity index (χ2n) is 5.91. The number of carbonyl (C=O) groups is 1. The van der Waals surface area contributed by atoms with Crippen LogP contribution < -0.4 is 5.32 Å². The topological polar surface area (TPSA) is 49.3 Å². The van der Waals surface area contributed by atoms with Gasteiger partial charge >= 0.3 is 5.97 Å². The third-order valence-corrected chi connectivity index (χ3v) is 4.32. The first kappa shape index (κ1) is 12.7. The predicted molar refractivity (Wildman–Crippen MR) is 74.1 cm³/mol. The van der Waals surface area contributed by atoms with Gasteiger partial charge in [0.2, 0.25) is 0 Å². The van der Waals surface area contributed by atoms with Gasteiger partial charge in [-0.1, -0.05) is 30.3 Å².